The third-order valence-corrected chi connectivity index (χ3v) is 4.34. The summed E-state index contributed by atoms with van der Waals surface area (Å²) in [5, 5.41) is 3.56. The fourth-order valence-corrected chi connectivity index (χ4v) is 3.18. The smallest absolute Gasteiger partial charge is 0.231 e. The molecule has 0 spiro atoms. The van der Waals surface area contributed by atoms with Crippen molar-refractivity contribution in [2.24, 2.45) is 0 Å². The van der Waals surface area contributed by atoms with E-state index in [1.54, 1.807) is 0 Å². The van der Waals surface area contributed by atoms with E-state index < -0.39 is 0 Å². The zero-order valence-electron chi connectivity index (χ0n) is 12.2. The highest BCUT2D eigenvalue weighted by atomic mass is 79.9. The molecule has 3 nitrogen and oxygen atoms in total. The van der Waals surface area contributed by atoms with Crippen molar-refractivity contribution in [3.63, 3.8) is 0 Å². The average Bonchev–Trinajstić information content (AvgIpc) is 2.94. The highest BCUT2D eigenvalue weighted by Crippen LogP contribution is 2.40. The number of hydrogen-bond acceptors (Lipinski definition) is 3. The Labute approximate surface area is 133 Å². The van der Waals surface area contributed by atoms with Gasteiger partial charge >= 0.3 is 0 Å². The van der Waals surface area contributed by atoms with E-state index in [2.05, 4.69) is 65.4 Å². The molecule has 110 valence electrons. The highest BCUT2D eigenvalue weighted by Gasteiger charge is 2.18. The molecule has 2 aromatic rings. The van der Waals surface area contributed by atoms with Crippen LogP contribution in [0.2, 0.25) is 0 Å². The molecular weight excluding hydrogens is 330 g/mol. The van der Waals surface area contributed by atoms with Crippen molar-refractivity contribution in [2.45, 2.75) is 26.4 Å². The predicted octanol–water partition coefficient (Wildman–Crippen LogP) is 4.34. The van der Waals surface area contributed by atoms with Gasteiger partial charge in [-0.25, -0.2) is 0 Å². The number of hydrogen-bond donors (Lipinski definition) is 1. The van der Waals surface area contributed by atoms with Crippen molar-refractivity contribution < 1.29 is 9.47 Å². The first kappa shape index (κ1) is 14.4. The summed E-state index contributed by atoms with van der Waals surface area (Å²) in [4.78, 5) is 0. The van der Waals surface area contributed by atoms with Gasteiger partial charge in [0.05, 0.1) is 4.47 Å². The van der Waals surface area contributed by atoms with E-state index in [9.17, 15) is 0 Å². The molecule has 3 rings (SSSR count). The first-order valence-corrected chi connectivity index (χ1v) is 7.81. The van der Waals surface area contributed by atoms with Crippen LogP contribution in [0.25, 0.3) is 0 Å². The molecule has 1 aliphatic heterocycles. The normalized spacial score (nSPS) is 14.2. The van der Waals surface area contributed by atoms with E-state index >= 15 is 0 Å². The zero-order chi connectivity index (χ0) is 14.8. The van der Waals surface area contributed by atoms with Crippen LogP contribution in [0.3, 0.4) is 0 Å². The SMILES string of the molecule is Cc1ccccc1[C@H](C)NCc1cc(Br)c2c(c1)OCO2. The molecule has 4 heteroatoms. The van der Waals surface area contributed by atoms with Gasteiger partial charge < -0.3 is 14.8 Å². The molecule has 0 amide bonds. The van der Waals surface area contributed by atoms with Crippen LogP contribution in [0.4, 0.5) is 0 Å². The lowest BCUT2D eigenvalue weighted by Crippen LogP contribution is -2.18. The summed E-state index contributed by atoms with van der Waals surface area (Å²) >= 11 is 3.53. The first-order chi connectivity index (χ1) is 10.1. The number of fused-ring (bicyclic) bond motifs is 1. The van der Waals surface area contributed by atoms with E-state index in [0.717, 1.165) is 22.5 Å². The fourth-order valence-electron chi connectivity index (χ4n) is 2.58. The van der Waals surface area contributed by atoms with Gasteiger partial charge in [0.15, 0.2) is 11.5 Å². The molecule has 0 fully saturated rings. The van der Waals surface area contributed by atoms with Gasteiger partial charge in [-0.05, 0) is 58.6 Å². The standard InChI is InChI=1S/C17H18BrNO2/c1-11-5-3-4-6-14(11)12(2)19-9-13-7-15(18)17-16(8-13)20-10-21-17/h3-8,12,19H,9-10H2,1-2H3/t12-/m0/s1. The molecule has 21 heavy (non-hydrogen) atoms. The maximum atomic E-state index is 5.45. The van der Waals surface area contributed by atoms with E-state index in [4.69, 9.17) is 9.47 Å². The zero-order valence-corrected chi connectivity index (χ0v) is 13.7. The van der Waals surface area contributed by atoms with E-state index in [0.29, 0.717) is 12.8 Å². The molecule has 0 unspecified atom stereocenters. The molecule has 0 saturated heterocycles. The van der Waals surface area contributed by atoms with E-state index in [1.165, 1.54) is 16.7 Å². The van der Waals surface area contributed by atoms with Gasteiger partial charge in [-0.2, -0.15) is 0 Å². The molecule has 0 radical (unpaired) electrons. The predicted molar refractivity (Wildman–Crippen MR) is 86.7 cm³/mol. The molecule has 0 bridgehead atoms. The topological polar surface area (TPSA) is 30.5 Å². The second-order valence-corrected chi connectivity index (χ2v) is 6.12. The van der Waals surface area contributed by atoms with Crippen LogP contribution in [0.5, 0.6) is 11.5 Å². The molecule has 0 aromatic heterocycles. The number of aryl methyl sites for hydroxylation is 1. The van der Waals surface area contributed by atoms with Crippen LogP contribution in [0.1, 0.15) is 29.7 Å². The average molecular weight is 348 g/mol. The van der Waals surface area contributed by atoms with Crippen molar-refractivity contribution in [1.29, 1.82) is 0 Å². The Balaban J connectivity index is 1.71. The van der Waals surface area contributed by atoms with E-state index in [1.807, 2.05) is 6.07 Å². The van der Waals surface area contributed by atoms with Crippen LogP contribution in [0, 0.1) is 6.92 Å². The second kappa shape index (κ2) is 6.08. The second-order valence-electron chi connectivity index (χ2n) is 5.27. The summed E-state index contributed by atoms with van der Waals surface area (Å²) in [6, 6.07) is 12.9. The summed E-state index contributed by atoms with van der Waals surface area (Å²) in [5.41, 5.74) is 3.81. The van der Waals surface area contributed by atoms with Crippen LogP contribution in [-0.4, -0.2) is 6.79 Å². The summed E-state index contributed by atoms with van der Waals surface area (Å²) in [6.45, 7) is 5.41. The van der Waals surface area contributed by atoms with Crippen LogP contribution in [-0.2, 0) is 6.54 Å². The van der Waals surface area contributed by atoms with Gasteiger partial charge in [0.1, 0.15) is 0 Å². The molecular formula is C17H18BrNO2. The van der Waals surface area contributed by atoms with E-state index in [-0.39, 0.29) is 0 Å². The summed E-state index contributed by atoms with van der Waals surface area (Å²) in [7, 11) is 0. The lowest BCUT2D eigenvalue weighted by molar-refractivity contribution is 0.173. The monoisotopic (exact) mass is 347 g/mol. The quantitative estimate of drug-likeness (QED) is 0.892. The third-order valence-electron chi connectivity index (χ3n) is 3.75. The number of rotatable bonds is 4. The van der Waals surface area contributed by atoms with Gasteiger partial charge in [0, 0.05) is 12.6 Å². The van der Waals surface area contributed by atoms with Crippen molar-refractivity contribution in [3.8, 4) is 11.5 Å². The van der Waals surface area contributed by atoms with Crippen LogP contribution < -0.4 is 14.8 Å². The van der Waals surface area contributed by atoms with Crippen molar-refractivity contribution in [1.82, 2.24) is 5.32 Å². The molecule has 0 aliphatic carbocycles. The summed E-state index contributed by atoms with van der Waals surface area (Å²) in [6.07, 6.45) is 0. The lowest BCUT2D eigenvalue weighted by atomic mass is 10.0. The number of ether oxygens (including phenoxy) is 2. The maximum absolute atomic E-state index is 5.45. The molecule has 2 aromatic carbocycles. The molecule has 1 heterocycles. The molecule has 0 saturated carbocycles. The Morgan fingerprint density at radius 3 is 2.86 bits per heavy atom. The number of halogens is 1. The molecule has 1 N–H and O–H groups in total. The molecule has 1 atom stereocenters. The minimum absolute atomic E-state index is 0.296. The largest absolute Gasteiger partial charge is 0.454 e. The highest BCUT2D eigenvalue weighted by molar-refractivity contribution is 9.10. The van der Waals surface area contributed by atoms with Gasteiger partial charge in [0.2, 0.25) is 6.79 Å². The maximum Gasteiger partial charge on any atom is 0.231 e. The fraction of sp³-hybridized carbons (Fsp3) is 0.294. The minimum Gasteiger partial charge on any atom is -0.454 e. The Morgan fingerprint density at radius 2 is 2.05 bits per heavy atom. The Hall–Kier alpha value is -1.52. The van der Waals surface area contributed by atoms with Crippen molar-refractivity contribution in [3.05, 3.63) is 57.6 Å². The summed E-state index contributed by atoms with van der Waals surface area (Å²) < 4.78 is 11.8. The molecule has 1 aliphatic rings. The number of nitrogens with one attached hydrogen (secondary N) is 1. The van der Waals surface area contributed by atoms with Gasteiger partial charge in [-0.3, -0.25) is 0 Å². The Bertz CT molecular complexity index is 657. The van der Waals surface area contributed by atoms with Crippen molar-refractivity contribution in [2.75, 3.05) is 6.79 Å². The number of benzene rings is 2. The lowest BCUT2D eigenvalue weighted by Gasteiger charge is -2.17. The van der Waals surface area contributed by atoms with Gasteiger partial charge in [-0.1, -0.05) is 24.3 Å². The van der Waals surface area contributed by atoms with Crippen molar-refractivity contribution >= 4 is 15.9 Å². The Morgan fingerprint density at radius 1 is 1.24 bits per heavy atom. The van der Waals surface area contributed by atoms with Crippen LogP contribution >= 0.6 is 15.9 Å². The first-order valence-electron chi connectivity index (χ1n) is 7.02. The van der Waals surface area contributed by atoms with Gasteiger partial charge in [0.25, 0.3) is 0 Å². The summed E-state index contributed by atoms with van der Waals surface area (Å²) in [5.74, 6) is 1.61. The van der Waals surface area contributed by atoms with Gasteiger partial charge in [-0.15, -0.1) is 0 Å². The third kappa shape index (κ3) is 3.06. The van der Waals surface area contributed by atoms with Crippen LogP contribution in [0.15, 0.2) is 40.9 Å². The Kier molecular flexibility index (Phi) is 4.17. The minimum atomic E-state index is 0.296.